The van der Waals surface area contributed by atoms with Crippen LogP contribution in [-0.4, -0.2) is 33.6 Å². The fourth-order valence-corrected chi connectivity index (χ4v) is 1.25. The van der Waals surface area contributed by atoms with Crippen LogP contribution in [0.25, 0.3) is 0 Å². The summed E-state index contributed by atoms with van der Waals surface area (Å²) in [6.07, 6.45) is 3.92. The van der Waals surface area contributed by atoms with Crippen molar-refractivity contribution in [3.63, 3.8) is 0 Å². The molecule has 0 aliphatic carbocycles. The van der Waals surface area contributed by atoms with Gasteiger partial charge in [-0.25, -0.2) is 0 Å². The first-order chi connectivity index (χ1) is 7.78. The van der Waals surface area contributed by atoms with Gasteiger partial charge in [-0.05, 0) is 0 Å². The van der Waals surface area contributed by atoms with Crippen molar-refractivity contribution in [1.29, 1.82) is 0 Å². The van der Waals surface area contributed by atoms with Crippen molar-refractivity contribution in [2.45, 2.75) is 13.0 Å². The second kappa shape index (κ2) is 4.75. The fraction of sp³-hybridized carbons (Fsp3) is 0.444. The van der Waals surface area contributed by atoms with Crippen LogP contribution in [-0.2, 0) is 17.7 Å². The Hall–Kier alpha value is -1.89. The summed E-state index contributed by atoms with van der Waals surface area (Å²) in [6, 6.07) is 0. The molecular formula is C9H13N5O2. The number of aromatic nitrogens is 4. The number of hydrogen-bond donors (Lipinski definition) is 1. The normalized spacial score (nSPS) is 10.8. The van der Waals surface area contributed by atoms with Crippen molar-refractivity contribution < 1.29 is 9.26 Å². The van der Waals surface area contributed by atoms with Gasteiger partial charge in [0.05, 0.1) is 18.5 Å². The third-order valence-electron chi connectivity index (χ3n) is 1.99. The van der Waals surface area contributed by atoms with Crippen LogP contribution in [0, 0.1) is 0 Å². The highest BCUT2D eigenvalue weighted by atomic mass is 16.5. The second-order valence-electron chi connectivity index (χ2n) is 3.32. The summed E-state index contributed by atoms with van der Waals surface area (Å²) >= 11 is 0. The molecule has 0 atom stereocenters. The Bertz CT molecular complexity index is 450. The van der Waals surface area contributed by atoms with Crippen molar-refractivity contribution in [2.24, 2.45) is 0 Å². The van der Waals surface area contributed by atoms with E-state index in [0.29, 0.717) is 37.0 Å². The summed E-state index contributed by atoms with van der Waals surface area (Å²) in [5.41, 5.74) is 6.15. The number of nitrogen functional groups attached to an aromatic ring is 1. The SMILES string of the molecule is COCCc1noc(Cn2cc(N)cn2)n1. The van der Waals surface area contributed by atoms with Gasteiger partial charge < -0.3 is 15.0 Å². The fourth-order valence-electron chi connectivity index (χ4n) is 1.25. The van der Waals surface area contributed by atoms with Gasteiger partial charge in [0.15, 0.2) is 5.82 Å². The van der Waals surface area contributed by atoms with Crippen LogP contribution in [0.5, 0.6) is 0 Å². The minimum atomic E-state index is 0.428. The number of nitrogens with zero attached hydrogens (tertiary/aromatic N) is 4. The van der Waals surface area contributed by atoms with Crippen molar-refractivity contribution in [1.82, 2.24) is 19.9 Å². The summed E-state index contributed by atoms with van der Waals surface area (Å²) in [5.74, 6) is 1.14. The molecule has 0 saturated carbocycles. The summed E-state index contributed by atoms with van der Waals surface area (Å²) < 4.78 is 11.6. The van der Waals surface area contributed by atoms with Crippen LogP contribution in [0.4, 0.5) is 5.69 Å². The molecule has 7 heteroatoms. The molecule has 2 aromatic heterocycles. The molecule has 2 heterocycles. The van der Waals surface area contributed by atoms with E-state index in [4.69, 9.17) is 15.0 Å². The van der Waals surface area contributed by atoms with Crippen LogP contribution in [0.15, 0.2) is 16.9 Å². The average molecular weight is 223 g/mol. The smallest absolute Gasteiger partial charge is 0.248 e. The number of anilines is 1. The molecule has 0 amide bonds. The van der Waals surface area contributed by atoms with E-state index in [0.717, 1.165) is 0 Å². The van der Waals surface area contributed by atoms with Gasteiger partial charge in [0.25, 0.3) is 0 Å². The number of rotatable bonds is 5. The monoisotopic (exact) mass is 223 g/mol. The molecular weight excluding hydrogens is 210 g/mol. The van der Waals surface area contributed by atoms with Crippen molar-refractivity contribution in [3.05, 3.63) is 24.1 Å². The lowest BCUT2D eigenvalue weighted by atomic mass is 10.4. The molecule has 0 spiro atoms. The molecule has 0 fully saturated rings. The number of nitrogens with two attached hydrogens (primary N) is 1. The number of methoxy groups -OCH3 is 1. The van der Waals surface area contributed by atoms with E-state index in [9.17, 15) is 0 Å². The molecule has 0 aliphatic rings. The summed E-state index contributed by atoms with van der Waals surface area (Å²) in [6.45, 7) is 1.00. The molecule has 0 unspecified atom stereocenters. The Morgan fingerprint density at radius 3 is 3.12 bits per heavy atom. The summed E-state index contributed by atoms with van der Waals surface area (Å²) in [4.78, 5) is 4.19. The standard InChI is InChI=1S/C9H13N5O2/c1-15-3-2-8-12-9(16-13-8)6-14-5-7(10)4-11-14/h4-5H,2-3,6,10H2,1H3. The molecule has 2 N–H and O–H groups in total. The zero-order chi connectivity index (χ0) is 11.4. The largest absolute Gasteiger partial charge is 0.396 e. The Balaban J connectivity index is 1.97. The maximum Gasteiger partial charge on any atom is 0.248 e. The lowest BCUT2D eigenvalue weighted by Gasteiger charge is -1.93. The Morgan fingerprint density at radius 2 is 2.44 bits per heavy atom. The Morgan fingerprint density at radius 1 is 1.56 bits per heavy atom. The Labute approximate surface area is 92.2 Å². The topological polar surface area (TPSA) is 92.0 Å². The maximum absolute atomic E-state index is 5.54. The van der Waals surface area contributed by atoms with E-state index < -0.39 is 0 Å². The molecule has 16 heavy (non-hydrogen) atoms. The summed E-state index contributed by atoms with van der Waals surface area (Å²) in [5, 5.41) is 7.84. The average Bonchev–Trinajstić information content (AvgIpc) is 2.86. The highest BCUT2D eigenvalue weighted by Crippen LogP contribution is 2.03. The predicted molar refractivity (Wildman–Crippen MR) is 55.6 cm³/mol. The molecule has 0 aliphatic heterocycles. The van der Waals surface area contributed by atoms with Gasteiger partial charge in [-0.1, -0.05) is 5.16 Å². The first-order valence-electron chi connectivity index (χ1n) is 4.86. The number of ether oxygens (including phenoxy) is 1. The van der Waals surface area contributed by atoms with Gasteiger partial charge in [-0.15, -0.1) is 0 Å². The minimum Gasteiger partial charge on any atom is -0.396 e. The van der Waals surface area contributed by atoms with Gasteiger partial charge in [0.1, 0.15) is 6.54 Å². The van der Waals surface area contributed by atoms with Crippen LogP contribution in [0.2, 0.25) is 0 Å². The third kappa shape index (κ3) is 2.57. The highest BCUT2D eigenvalue weighted by molar-refractivity contribution is 5.30. The van der Waals surface area contributed by atoms with E-state index in [1.165, 1.54) is 0 Å². The van der Waals surface area contributed by atoms with Crippen molar-refractivity contribution >= 4 is 5.69 Å². The molecule has 0 bridgehead atoms. The molecule has 7 nitrogen and oxygen atoms in total. The first-order valence-corrected chi connectivity index (χ1v) is 4.86. The maximum atomic E-state index is 5.54. The summed E-state index contributed by atoms with van der Waals surface area (Å²) in [7, 11) is 1.63. The molecule has 2 rings (SSSR count). The van der Waals surface area contributed by atoms with Crippen LogP contribution < -0.4 is 5.73 Å². The van der Waals surface area contributed by atoms with Gasteiger partial charge in [0.2, 0.25) is 5.89 Å². The molecule has 0 radical (unpaired) electrons. The lowest BCUT2D eigenvalue weighted by Crippen LogP contribution is -2.01. The lowest BCUT2D eigenvalue weighted by molar-refractivity contribution is 0.199. The van der Waals surface area contributed by atoms with Gasteiger partial charge in [0, 0.05) is 19.7 Å². The van der Waals surface area contributed by atoms with Gasteiger partial charge in [-0.3, -0.25) is 4.68 Å². The van der Waals surface area contributed by atoms with E-state index in [1.54, 1.807) is 24.2 Å². The third-order valence-corrected chi connectivity index (χ3v) is 1.99. The van der Waals surface area contributed by atoms with E-state index >= 15 is 0 Å². The van der Waals surface area contributed by atoms with E-state index in [-0.39, 0.29) is 0 Å². The second-order valence-corrected chi connectivity index (χ2v) is 3.32. The van der Waals surface area contributed by atoms with E-state index in [2.05, 4.69) is 15.2 Å². The van der Waals surface area contributed by atoms with Gasteiger partial charge >= 0.3 is 0 Å². The predicted octanol–water partition coefficient (Wildman–Crippen LogP) is 0.0855. The zero-order valence-electron chi connectivity index (χ0n) is 8.96. The van der Waals surface area contributed by atoms with Gasteiger partial charge in [-0.2, -0.15) is 10.1 Å². The van der Waals surface area contributed by atoms with Crippen LogP contribution in [0.3, 0.4) is 0 Å². The molecule has 86 valence electrons. The zero-order valence-corrected chi connectivity index (χ0v) is 8.96. The molecule has 0 aromatic carbocycles. The van der Waals surface area contributed by atoms with Crippen molar-refractivity contribution in [2.75, 3.05) is 19.5 Å². The van der Waals surface area contributed by atoms with Crippen molar-refractivity contribution in [3.8, 4) is 0 Å². The number of hydrogen-bond acceptors (Lipinski definition) is 6. The van der Waals surface area contributed by atoms with Crippen LogP contribution in [0.1, 0.15) is 11.7 Å². The van der Waals surface area contributed by atoms with E-state index in [1.807, 2.05) is 0 Å². The first kappa shape index (κ1) is 10.6. The van der Waals surface area contributed by atoms with Crippen LogP contribution >= 0.6 is 0 Å². The quantitative estimate of drug-likeness (QED) is 0.772. The molecule has 0 saturated heterocycles. The highest BCUT2D eigenvalue weighted by Gasteiger charge is 2.07. The Kier molecular flexibility index (Phi) is 3.16. The molecule has 2 aromatic rings. The minimum absolute atomic E-state index is 0.428.